The molecule has 0 aliphatic carbocycles. The van der Waals surface area contributed by atoms with E-state index in [2.05, 4.69) is 20.8 Å². The van der Waals surface area contributed by atoms with E-state index in [0.29, 0.717) is 31.8 Å². The first kappa shape index (κ1) is 21.3. The van der Waals surface area contributed by atoms with Gasteiger partial charge >= 0.3 is 0 Å². The summed E-state index contributed by atoms with van der Waals surface area (Å²) in [5.41, 5.74) is 1.40. The minimum Gasteiger partial charge on any atom is -0.497 e. The highest BCUT2D eigenvalue weighted by atomic mass is 32.2. The number of alkyl halides is 2. The van der Waals surface area contributed by atoms with Crippen LogP contribution in [-0.4, -0.2) is 34.7 Å². The average molecular weight is 455 g/mol. The molecule has 0 unspecified atom stereocenters. The van der Waals surface area contributed by atoms with Gasteiger partial charge in [0.15, 0.2) is 4.34 Å². The highest BCUT2D eigenvalue weighted by Gasteiger charge is 2.10. The van der Waals surface area contributed by atoms with Crippen LogP contribution in [0.1, 0.15) is 0 Å². The highest BCUT2D eigenvalue weighted by Crippen LogP contribution is 2.29. The largest absolute Gasteiger partial charge is 0.497 e. The van der Waals surface area contributed by atoms with E-state index in [0.717, 1.165) is 11.4 Å². The summed E-state index contributed by atoms with van der Waals surface area (Å²) < 4.78 is 30.4. The number of nitrogens with zero attached hydrogens (tertiary/aromatic N) is 2. The van der Waals surface area contributed by atoms with Crippen LogP contribution in [0.25, 0.3) is 0 Å². The molecule has 2 aromatic carbocycles. The van der Waals surface area contributed by atoms with Gasteiger partial charge in [-0.2, -0.15) is 8.78 Å². The fraction of sp³-hybridized carbons (Fsp3) is 0.167. The van der Waals surface area contributed by atoms with Crippen molar-refractivity contribution in [1.29, 1.82) is 0 Å². The first-order valence-corrected chi connectivity index (χ1v) is 10.9. The van der Waals surface area contributed by atoms with Crippen molar-refractivity contribution in [3.8, 4) is 5.75 Å². The van der Waals surface area contributed by atoms with Crippen LogP contribution in [-0.2, 0) is 4.79 Å². The van der Waals surface area contributed by atoms with E-state index >= 15 is 0 Å². The van der Waals surface area contributed by atoms with Gasteiger partial charge in [-0.05, 0) is 48.5 Å². The van der Waals surface area contributed by atoms with Gasteiger partial charge in [0.25, 0.3) is 5.76 Å². The molecule has 3 rings (SSSR count). The Morgan fingerprint density at radius 1 is 1.10 bits per heavy atom. The van der Waals surface area contributed by atoms with Crippen molar-refractivity contribution in [1.82, 2.24) is 10.2 Å². The standard InChI is InChI=1S/C18H16F2N4O2S3/c1-26-13-6-2-12(3-7-13)22-17-23-24-18(29-17)27-10-15(25)21-11-4-8-14(9-5-11)28-16(19)20/h2-9,16H,10H2,1H3,(H,21,25)(H,22,23). The lowest BCUT2D eigenvalue weighted by Gasteiger charge is -2.05. The minimum absolute atomic E-state index is 0.157. The molecule has 0 aliphatic heterocycles. The summed E-state index contributed by atoms with van der Waals surface area (Å²) in [6, 6.07) is 13.7. The number of aromatic nitrogens is 2. The molecule has 1 heterocycles. The topological polar surface area (TPSA) is 76.1 Å². The normalized spacial score (nSPS) is 10.8. The van der Waals surface area contributed by atoms with Gasteiger partial charge in [-0.25, -0.2) is 0 Å². The van der Waals surface area contributed by atoms with Crippen LogP contribution in [0.15, 0.2) is 57.8 Å². The zero-order valence-corrected chi connectivity index (χ0v) is 17.5. The third kappa shape index (κ3) is 6.87. The van der Waals surface area contributed by atoms with Crippen molar-refractivity contribution < 1.29 is 18.3 Å². The molecule has 0 fully saturated rings. The molecule has 0 atom stereocenters. The number of thioether (sulfide) groups is 2. The predicted molar refractivity (Wildman–Crippen MR) is 114 cm³/mol. The van der Waals surface area contributed by atoms with Crippen molar-refractivity contribution in [3.05, 3.63) is 48.5 Å². The number of amides is 1. The van der Waals surface area contributed by atoms with Crippen molar-refractivity contribution >= 4 is 57.3 Å². The molecule has 0 bridgehead atoms. The molecule has 1 aromatic heterocycles. The average Bonchev–Trinajstić information content (AvgIpc) is 3.15. The van der Waals surface area contributed by atoms with Gasteiger partial charge in [-0.15, -0.1) is 10.2 Å². The van der Waals surface area contributed by atoms with Gasteiger partial charge in [0.1, 0.15) is 5.75 Å². The third-order valence-electron chi connectivity index (χ3n) is 3.44. The number of hydrogen-bond donors (Lipinski definition) is 2. The van der Waals surface area contributed by atoms with Crippen molar-refractivity contribution in [3.63, 3.8) is 0 Å². The molecule has 0 saturated heterocycles. The molecule has 1 amide bonds. The Hall–Kier alpha value is -2.37. The molecule has 29 heavy (non-hydrogen) atoms. The van der Waals surface area contributed by atoms with E-state index in [-0.39, 0.29) is 11.7 Å². The Morgan fingerprint density at radius 2 is 1.79 bits per heavy atom. The third-order valence-corrected chi connectivity index (χ3v) is 6.13. The molecule has 0 spiro atoms. The van der Waals surface area contributed by atoms with Gasteiger partial charge in [-0.1, -0.05) is 34.9 Å². The molecule has 0 aliphatic rings. The fourth-order valence-electron chi connectivity index (χ4n) is 2.16. The molecule has 11 heteroatoms. The summed E-state index contributed by atoms with van der Waals surface area (Å²) in [4.78, 5) is 12.5. The maximum absolute atomic E-state index is 12.3. The van der Waals surface area contributed by atoms with Crippen LogP contribution < -0.4 is 15.4 Å². The lowest BCUT2D eigenvalue weighted by atomic mass is 10.3. The van der Waals surface area contributed by atoms with Gasteiger partial charge in [0, 0.05) is 16.3 Å². The second-order valence-electron chi connectivity index (χ2n) is 5.47. The predicted octanol–water partition coefficient (Wildman–Crippen LogP) is 5.34. The molecule has 0 radical (unpaired) electrons. The Morgan fingerprint density at radius 3 is 2.45 bits per heavy atom. The second-order valence-corrected chi connectivity index (χ2v) is 8.73. The fourth-order valence-corrected chi connectivity index (χ4v) is 4.23. The van der Waals surface area contributed by atoms with Crippen molar-refractivity contribution in [2.24, 2.45) is 0 Å². The van der Waals surface area contributed by atoms with E-state index in [9.17, 15) is 13.6 Å². The number of anilines is 3. The maximum atomic E-state index is 12.3. The molecule has 0 saturated carbocycles. The van der Waals surface area contributed by atoms with Crippen molar-refractivity contribution in [2.75, 3.05) is 23.5 Å². The van der Waals surface area contributed by atoms with Gasteiger partial charge in [0.2, 0.25) is 11.0 Å². The zero-order valence-electron chi connectivity index (χ0n) is 15.1. The van der Waals surface area contributed by atoms with E-state index in [1.54, 1.807) is 31.4 Å². The number of benzene rings is 2. The van der Waals surface area contributed by atoms with E-state index < -0.39 is 5.76 Å². The number of halogens is 2. The van der Waals surface area contributed by atoms with E-state index in [1.807, 2.05) is 24.3 Å². The Kier molecular flexibility index (Phi) is 7.67. The molecular formula is C18H16F2N4O2S3. The van der Waals surface area contributed by atoms with Crippen molar-refractivity contribution in [2.45, 2.75) is 15.0 Å². The number of rotatable bonds is 9. The zero-order chi connectivity index (χ0) is 20.6. The van der Waals surface area contributed by atoms with Crippen LogP contribution in [0, 0.1) is 0 Å². The first-order valence-electron chi connectivity index (χ1n) is 8.24. The number of carbonyl (C=O) groups excluding carboxylic acids is 1. The monoisotopic (exact) mass is 454 g/mol. The lowest BCUT2D eigenvalue weighted by Crippen LogP contribution is -2.13. The van der Waals surface area contributed by atoms with Crippen LogP contribution in [0.5, 0.6) is 5.75 Å². The molecule has 3 aromatic rings. The van der Waals surface area contributed by atoms with Crippen LogP contribution in [0.4, 0.5) is 25.3 Å². The number of nitrogens with one attached hydrogen (secondary N) is 2. The summed E-state index contributed by atoms with van der Waals surface area (Å²) in [6.45, 7) is 0. The van der Waals surface area contributed by atoms with Crippen LogP contribution in [0.3, 0.4) is 0 Å². The van der Waals surface area contributed by atoms with Gasteiger partial charge < -0.3 is 15.4 Å². The lowest BCUT2D eigenvalue weighted by molar-refractivity contribution is -0.113. The molecule has 6 nitrogen and oxygen atoms in total. The number of methoxy groups -OCH3 is 1. The Labute approximate surface area is 178 Å². The van der Waals surface area contributed by atoms with E-state index in [1.165, 1.54) is 23.1 Å². The van der Waals surface area contributed by atoms with Crippen LogP contribution in [0.2, 0.25) is 0 Å². The summed E-state index contributed by atoms with van der Waals surface area (Å²) in [5, 5.41) is 14.6. The van der Waals surface area contributed by atoms with Crippen LogP contribution >= 0.6 is 34.9 Å². The summed E-state index contributed by atoms with van der Waals surface area (Å²) in [5.74, 6) is -1.77. The molecule has 152 valence electrons. The Bertz CT molecular complexity index is 937. The number of ether oxygens (including phenoxy) is 1. The number of hydrogen-bond acceptors (Lipinski definition) is 8. The van der Waals surface area contributed by atoms with E-state index in [4.69, 9.17) is 4.74 Å². The molecule has 2 N–H and O–H groups in total. The van der Waals surface area contributed by atoms with Gasteiger partial charge in [0.05, 0.1) is 12.9 Å². The summed E-state index contributed by atoms with van der Waals surface area (Å²) >= 11 is 3.07. The summed E-state index contributed by atoms with van der Waals surface area (Å²) in [7, 11) is 1.61. The first-order chi connectivity index (χ1) is 14.0. The minimum atomic E-state index is -2.47. The summed E-state index contributed by atoms with van der Waals surface area (Å²) in [6.07, 6.45) is 0. The SMILES string of the molecule is COc1ccc(Nc2nnc(SCC(=O)Nc3ccc(SC(F)F)cc3)s2)cc1. The van der Waals surface area contributed by atoms with Gasteiger partial charge in [-0.3, -0.25) is 4.79 Å². The Balaban J connectivity index is 1.46. The molecular weight excluding hydrogens is 438 g/mol. The number of carbonyl (C=O) groups is 1. The maximum Gasteiger partial charge on any atom is 0.288 e. The highest BCUT2D eigenvalue weighted by molar-refractivity contribution is 8.01. The smallest absolute Gasteiger partial charge is 0.288 e. The quantitative estimate of drug-likeness (QED) is 0.423. The second kappa shape index (κ2) is 10.4.